The maximum Gasteiger partial charge on any atom is 0.138 e. The molecule has 0 unspecified atom stereocenters. The molecule has 120 valence electrons. The Kier molecular flexibility index (Phi) is 4.51. The van der Waals surface area contributed by atoms with Crippen LogP contribution < -0.4 is 5.19 Å². The van der Waals surface area contributed by atoms with E-state index >= 15 is 0 Å². The first-order valence-corrected chi connectivity index (χ1v) is 11.4. The van der Waals surface area contributed by atoms with Crippen LogP contribution in [0, 0.1) is 5.92 Å². The highest BCUT2D eigenvalue weighted by Gasteiger charge is 2.48. The van der Waals surface area contributed by atoms with Crippen molar-refractivity contribution in [1.82, 2.24) is 0 Å². The molecule has 1 aliphatic rings. The van der Waals surface area contributed by atoms with Crippen molar-refractivity contribution in [3.8, 4) is 0 Å². The average Bonchev–Trinajstić information content (AvgIpc) is 2.98. The molecule has 3 rings (SSSR count). The zero-order valence-corrected chi connectivity index (χ0v) is 14.8. The Labute approximate surface area is 139 Å². The molecule has 0 aliphatic heterocycles. The standard InChI is InChI=1S/C20H24O2Si/c1-23(2,16-11-7-4-8-12-16)18-14-13-17(21)19(18)20(22)15-9-5-3-6-10-15/h3-12,18-20,22H,13-14H2,1-2H3/t18-,19-,20+/m0/s1. The summed E-state index contributed by atoms with van der Waals surface area (Å²) in [6, 6.07) is 20.2. The van der Waals surface area contributed by atoms with Crippen molar-refractivity contribution in [2.75, 3.05) is 0 Å². The summed E-state index contributed by atoms with van der Waals surface area (Å²) in [4.78, 5) is 12.5. The number of ketones is 1. The van der Waals surface area contributed by atoms with Gasteiger partial charge in [0.1, 0.15) is 5.78 Å². The van der Waals surface area contributed by atoms with Gasteiger partial charge in [0.05, 0.1) is 14.2 Å². The van der Waals surface area contributed by atoms with Gasteiger partial charge in [-0.25, -0.2) is 0 Å². The highest BCUT2D eigenvalue weighted by molar-refractivity contribution is 6.91. The van der Waals surface area contributed by atoms with E-state index in [0.29, 0.717) is 6.42 Å². The summed E-state index contributed by atoms with van der Waals surface area (Å²) in [7, 11) is -1.83. The first-order chi connectivity index (χ1) is 11.0. The summed E-state index contributed by atoms with van der Waals surface area (Å²) in [5, 5.41) is 12.2. The van der Waals surface area contributed by atoms with Crippen molar-refractivity contribution in [3.05, 3.63) is 66.2 Å². The minimum atomic E-state index is -1.83. The molecule has 3 atom stereocenters. The second-order valence-corrected chi connectivity index (χ2v) is 11.8. The highest BCUT2D eigenvalue weighted by atomic mass is 28.3. The van der Waals surface area contributed by atoms with Crippen LogP contribution in [0.5, 0.6) is 0 Å². The minimum absolute atomic E-state index is 0.225. The lowest BCUT2D eigenvalue weighted by Crippen LogP contribution is -2.48. The van der Waals surface area contributed by atoms with Gasteiger partial charge in [-0.2, -0.15) is 0 Å². The van der Waals surface area contributed by atoms with Crippen molar-refractivity contribution in [2.45, 2.75) is 37.6 Å². The number of aliphatic hydroxyl groups excluding tert-OH is 1. The largest absolute Gasteiger partial charge is 0.388 e. The third kappa shape index (κ3) is 3.03. The van der Waals surface area contributed by atoms with Crippen LogP contribution in [0.1, 0.15) is 24.5 Å². The number of hydrogen-bond acceptors (Lipinski definition) is 2. The molecular formula is C20H24O2Si. The smallest absolute Gasteiger partial charge is 0.138 e. The number of aliphatic hydroxyl groups is 1. The van der Waals surface area contributed by atoms with Gasteiger partial charge in [-0.05, 0) is 17.5 Å². The van der Waals surface area contributed by atoms with Gasteiger partial charge in [-0.1, -0.05) is 78.9 Å². The van der Waals surface area contributed by atoms with Gasteiger partial charge >= 0.3 is 0 Å². The summed E-state index contributed by atoms with van der Waals surface area (Å²) in [5.74, 6) is -0.0397. The number of benzene rings is 2. The van der Waals surface area contributed by atoms with Gasteiger partial charge in [0, 0.05) is 12.3 Å². The number of Topliss-reactive ketones (excluding diaryl/α,β-unsaturated/α-hetero) is 1. The van der Waals surface area contributed by atoms with E-state index in [-0.39, 0.29) is 17.2 Å². The fraction of sp³-hybridized carbons (Fsp3) is 0.350. The van der Waals surface area contributed by atoms with Gasteiger partial charge in [-0.3, -0.25) is 4.79 Å². The zero-order chi connectivity index (χ0) is 16.4. The summed E-state index contributed by atoms with van der Waals surface area (Å²) in [6.45, 7) is 4.66. The molecule has 1 N–H and O–H groups in total. The quantitative estimate of drug-likeness (QED) is 0.871. The molecule has 1 saturated carbocycles. The molecule has 3 heteroatoms. The molecule has 0 aromatic heterocycles. The second-order valence-electron chi connectivity index (χ2n) is 7.08. The topological polar surface area (TPSA) is 37.3 Å². The van der Waals surface area contributed by atoms with Crippen molar-refractivity contribution >= 4 is 19.0 Å². The fourth-order valence-electron chi connectivity index (χ4n) is 4.01. The maximum absolute atomic E-state index is 12.5. The Morgan fingerprint density at radius 3 is 2.17 bits per heavy atom. The second kappa shape index (κ2) is 6.42. The average molecular weight is 324 g/mol. The molecule has 0 spiro atoms. The lowest BCUT2D eigenvalue weighted by atomic mass is 9.93. The molecule has 0 radical (unpaired) electrons. The van der Waals surface area contributed by atoms with Crippen LogP contribution in [-0.4, -0.2) is 19.0 Å². The van der Waals surface area contributed by atoms with E-state index in [1.165, 1.54) is 5.19 Å². The number of carbonyl (C=O) groups is 1. The van der Waals surface area contributed by atoms with Crippen LogP contribution in [0.3, 0.4) is 0 Å². The Morgan fingerprint density at radius 1 is 1.00 bits per heavy atom. The molecular weight excluding hydrogens is 300 g/mol. The van der Waals surface area contributed by atoms with Gasteiger partial charge in [-0.15, -0.1) is 0 Å². The van der Waals surface area contributed by atoms with E-state index in [0.717, 1.165) is 12.0 Å². The molecule has 0 bridgehead atoms. The van der Waals surface area contributed by atoms with Crippen LogP contribution in [0.2, 0.25) is 18.6 Å². The third-order valence-corrected chi connectivity index (χ3v) is 9.76. The summed E-state index contributed by atoms with van der Waals surface area (Å²) in [5.41, 5.74) is 1.14. The van der Waals surface area contributed by atoms with E-state index in [2.05, 4.69) is 37.4 Å². The van der Waals surface area contributed by atoms with E-state index < -0.39 is 14.2 Å². The molecule has 2 nitrogen and oxygen atoms in total. The van der Waals surface area contributed by atoms with Crippen molar-refractivity contribution in [2.24, 2.45) is 5.92 Å². The Hall–Kier alpha value is -1.71. The van der Waals surface area contributed by atoms with Crippen molar-refractivity contribution in [1.29, 1.82) is 0 Å². The number of rotatable bonds is 4. The highest BCUT2D eigenvalue weighted by Crippen LogP contribution is 2.47. The summed E-state index contributed by atoms with van der Waals surface area (Å²) < 4.78 is 0. The number of hydrogen-bond donors (Lipinski definition) is 1. The first-order valence-electron chi connectivity index (χ1n) is 8.33. The summed E-state index contributed by atoms with van der Waals surface area (Å²) in [6.07, 6.45) is 0.816. The van der Waals surface area contributed by atoms with E-state index in [4.69, 9.17) is 0 Å². The lowest BCUT2D eigenvalue weighted by molar-refractivity contribution is -0.123. The molecule has 1 fully saturated rings. The number of carbonyl (C=O) groups excluding carboxylic acids is 1. The SMILES string of the molecule is C[Si](C)(c1ccccc1)[C@H]1CCC(=O)[C@@H]1[C@H](O)c1ccccc1. The molecule has 0 amide bonds. The molecule has 2 aromatic carbocycles. The van der Waals surface area contributed by atoms with Gasteiger partial charge in [0.15, 0.2) is 0 Å². The monoisotopic (exact) mass is 324 g/mol. The molecule has 1 aliphatic carbocycles. The molecule has 2 aromatic rings. The summed E-state index contributed by atoms with van der Waals surface area (Å²) >= 11 is 0. The van der Waals surface area contributed by atoms with Crippen LogP contribution in [0.4, 0.5) is 0 Å². The van der Waals surface area contributed by atoms with E-state index in [1.807, 2.05) is 36.4 Å². The molecule has 23 heavy (non-hydrogen) atoms. The van der Waals surface area contributed by atoms with Crippen LogP contribution in [0.25, 0.3) is 0 Å². The van der Waals surface area contributed by atoms with Gasteiger partial charge < -0.3 is 5.11 Å². The predicted octanol–water partition coefficient (Wildman–Crippen LogP) is 3.68. The minimum Gasteiger partial charge on any atom is -0.388 e. The predicted molar refractivity (Wildman–Crippen MR) is 96.4 cm³/mol. The Balaban J connectivity index is 1.94. The van der Waals surface area contributed by atoms with Gasteiger partial charge in [0.2, 0.25) is 0 Å². The normalized spacial score (nSPS) is 23.0. The van der Waals surface area contributed by atoms with Crippen LogP contribution in [0.15, 0.2) is 60.7 Å². The van der Waals surface area contributed by atoms with Gasteiger partial charge in [0.25, 0.3) is 0 Å². The van der Waals surface area contributed by atoms with Crippen LogP contribution in [-0.2, 0) is 4.79 Å². The van der Waals surface area contributed by atoms with E-state index in [1.54, 1.807) is 0 Å². The first kappa shape index (κ1) is 16.2. The Bertz CT molecular complexity index is 667. The third-order valence-electron chi connectivity index (χ3n) is 5.43. The van der Waals surface area contributed by atoms with Crippen molar-refractivity contribution < 1.29 is 9.90 Å². The molecule has 0 heterocycles. The Morgan fingerprint density at radius 2 is 1.57 bits per heavy atom. The fourth-order valence-corrected chi connectivity index (χ4v) is 7.63. The van der Waals surface area contributed by atoms with Crippen molar-refractivity contribution in [3.63, 3.8) is 0 Å². The van der Waals surface area contributed by atoms with E-state index in [9.17, 15) is 9.90 Å². The lowest BCUT2D eigenvalue weighted by Gasteiger charge is -2.35. The molecule has 0 saturated heterocycles. The maximum atomic E-state index is 12.5. The van der Waals surface area contributed by atoms with Crippen LogP contribution >= 0.6 is 0 Å². The zero-order valence-electron chi connectivity index (χ0n) is 13.8.